The van der Waals surface area contributed by atoms with Crippen LogP contribution in [0.15, 0.2) is 54.6 Å². The minimum absolute atomic E-state index is 0.114. The second kappa shape index (κ2) is 9.47. The average molecular weight is 400 g/mol. The molecule has 3 rings (SSSR count). The Balaban J connectivity index is 1.63. The Kier molecular flexibility index (Phi) is 7.00. The van der Waals surface area contributed by atoms with E-state index < -0.39 is 24.4 Å². The van der Waals surface area contributed by atoms with Gasteiger partial charge in [-0.3, -0.25) is 9.69 Å². The van der Waals surface area contributed by atoms with Crippen molar-refractivity contribution in [3.63, 3.8) is 0 Å². The lowest BCUT2D eigenvalue weighted by Crippen LogP contribution is -2.62. The Hall–Kier alpha value is -2.29. The van der Waals surface area contributed by atoms with Crippen molar-refractivity contribution in [2.75, 3.05) is 13.2 Å². The summed E-state index contributed by atoms with van der Waals surface area (Å²) in [6, 6.07) is 16.0. The van der Waals surface area contributed by atoms with Gasteiger partial charge in [0.05, 0.1) is 24.8 Å². The van der Waals surface area contributed by atoms with Gasteiger partial charge in [-0.25, -0.2) is 0 Å². The van der Waals surface area contributed by atoms with Crippen LogP contribution in [0.4, 0.5) is 0 Å². The molecule has 5 atom stereocenters. The number of benzene rings is 2. The lowest BCUT2D eigenvalue weighted by molar-refractivity contribution is -0.147. The highest BCUT2D eigenvalue weighted by Crippen LogP contribution is 2.21. The fourth-order valence-electron chi connectivity index (χ4n) is 3.66. The standard InChI is InChI=1S/C22H28N2O5/c1-14(16-5-3-2-4-6-16)23-22(29)17-9-7-15(8-10-17)11-24-12-19(26)21(28)20(27)18(24)13-25/h2-10,14,18-21,25-28H,11-13H2,1H3,(H,23,29)/t14?,18-,19-,20-,21+/m0/s1. The Morgan fingerprint density at radius 3 is 2.34 bits per heavy atom. The van der Waals surface area contributed by atoms with Gasteiger partial charge in [0.15, 0.2) is 0 Å². The van der Waals surface area contributed by atoms with Crippen LogP contribution in [-0.2, 0) is 6.54 Å². The van der Waals surface area contributed by atoms with Gasteiger partial charge in [-0.05, 0) is 30.2 Å². The number of aliphatic hydroxyl groups is 4. The van der Waals surface area contributed by atoms with E-state index in [0.29, 0.717) is 12.1 Å². The first kappa shape index (κ1) is 21.4. The second-order valence-corrected chi connectivity index (χ2v) is 7.53. The van der Waals surface area contributed by atoms with Gasteiger partial charge in [-0.15, -0.1) is 0 Å². The summed E-state index contributed by atoms with van der Waals surface area (Å²) in [7, 11) is 0. The van der Waals surface area contributed by atoms with E-state index in [1.54, 1.807) is 29.2 Å². The molecule has 0 saturated carbocycles. The first-order valence-electron chi connectivity index (χ1n) is 9.74. The lowest BCUT2D eigenvalue weighted by Gasteiger charge is -2.43. The van der Waals surface area contributed by atoms with Crippen molar-refractivity contribution in [3.8, 4) is 0 Å². The summed E-state index contributed by atoms with van der Waals surface area (Å²) in [5, 5.41) is 42.3. The zero-order valence-corrected chi connectivity index (χ0v) is 16.3. The maximum atomic E-state index is 12.5. The summed E-state index contributed by atoms with van der Waals surface area (Å²) >= 11 is 0. The van der Waals surface area contributed by atoms with E-state index in [1.807, 2.05) is 37.3 Å². The fraction of sp³-hybridized carbons (Fsp3) is 0.409. The molecule has 1 unspecified atom stereocenters. The summed E-state index contributed by atoms with van der Waals surface area (Å²) in [6.45, 7) is 2.11. The topological polar surface area (TPSA) is 113 Å². The predicted molar refractivity (Wildman–Crippen MR) is 108 cm³/mol. The molecular weight excluding hydrogens is 372 g/mol. The molecule has 156 valence electrons. The number of amides is 1. The highest BCUT2D eigenvalue weighted by Gasteiger charge is 2.40. The third kappa shape index (κ3) is 5.01. The molecule has 0 aromatic heterocycles. The number of likely N-dealkylation sites (tertiary alicyclic amines) is 1. The molecule has 29 heavy (non-hydrogen) atoms. The molecule has 1 saturated heterocycles. The number of aliphatic hydroxyl groups excluding tert-OH is 4. The Morgan fingerprint density at radius 2 is 1.72 bits per heavy atom. The summed E-state index contributed by atoms with van der Waals surface area (Å²) in [6.07, 6.45) is -3.59. The molecule has 7 heteroatoms. The van der Waals surface area contributed by atoms with Gasteiger partial charge >= 0.3 is 0 Å². The third-order valence-electron chi connectivity index (χ3n) is 5.46. The number of rotatable bonds is 6. The van der Waals surface area contributed by atoms with Crippen LogP contribution in [-0.4, -0.2) is 68.7 Å². The SMILES string of the molecule is CC(NC(=O)c1ccc(CN2C[C@H](O)[C@@H](O)[C@@H](O)[C@@H]2CO)cc1)c1ccccc1. The zero-order valence-electron chi connectivity index (χ0n) is 16.3. The molecule has 0 spiro atoms. The molecule has 1 aliphatic rings. The maximum Gasteiger partial charge on any atom is 0.251 e. The van der Waals surface area contributed by atoms with Crippen LogP contribution in [0.25, 0.3) is 0 Å². The van der Waals surface area contributed by atoms with Gasteiger partial charge in [0.1, 0.15) is 12.2 Å². The monoisotopic (exact) mass is 400 g/mol. The van der Waals surface area contributed by atoms with Crippen LogP contribution in [0.1, 0.15) is 34.5 Å². The van der Waals surface area contributed by atoms with E-state index in [2.05, 4.69) is 5.32 Å². The largest absolute Gasteiger partial charge is 0.395 e. The number of hydrogen-bond acceptors (Lipinski definition) is 6. The van der Waals surface area contributed by atoms with E-state index in [9.17, 15) is 25.2 Å². The molecule has 1 fully saturated rings. The van der Waals surface area contributed by atoms with Gasteiger partial charge in [-0.2, -0.15) is 0 Å². The van der Waals surface area contributed by atoms with Gasteiger partial charge in [0, 0.05) is 18.7 Å². The van der Waals surface area contributed by atoms with Crippen molar-refractivity contribution < 1.29 is 25.2 Å². The molecule has 1 heterocycles. The van der Waals surface area contributed by atoms with Crippen LogP contribution in [0, 0.1) is 0 Å². The van der Waals surface area contributed by atoms with Gasteiger partial charge < -0.3 is 25.7 Å². The van der Waals surface area contributed by atoms with Gasteiger partial charge in [0.2, 0.25) is 0 Å². The molecule has 0 radical (unpaired) electrons. The zero-order chi connectivity index (χ0) is 21.0. The molecule has 0 bridgehead atoms. The van der Waals surface area contributed by atoms with E-state index in [0.717, 1.165) is 11.1 Å². The molecule has 1 aliphatic heterocycles. The van der Waals surface area contributed by atoms with Crippen LogP contribution in [0.5, 0.6) is 0 Å². The number of hydrogen-bond donors (Lipinski definition) is 5. The predicted octanol–water partition coefficient (Wildman–Crippen LogP) is 0.437. The normalized spacial score (nSPS) is 26.1. The lowest BCUT2D eigenvalue weighted by atomic mass is 9.93. The Labute approximate surface area is 170 Å². The quantitative estimate of drug-likeness (QED) is 0.481. The smallest absolute Gasteiger partial charge is 0.251 e. The van der Waals surface area contributed by atoms with Crippen molar-refractivity contribution in [1.29, 1.82) is 0 Å². The first-order chi connectivity index (χ1) is 13.9. The minimum atomic E-state index is -1.28. The van der Waals surface area contributed by atoms with Crippen molar-refractivity contribution in [3.05, 3.63) is 71.3 Å². The summed E-state index contributed by atoms with van der Waals surface area (Å²) < 4.78 is 0. The minimum Gasteiger partial charge on any atom is -0.395 e. The van der Waals surface area contributed by atoms with Crippen molar-refractivity contribution >= 4 is 5.91 Å². The van der Waals surface area contributed by atoms with E-state index >= 15 is 0 Å². The first-order valence-corrected chi connectivity index (χ1v) is 9.74. The molecule has 1 amide bonds. The Bertz CT molecular complexity index is 799. The number of carbonyl (C=O) groups is 1. The van der Waals surface area contributed by atoms with E-state index in [4.69, 9.17) is 0 Å². The van der Waals surface area contributed by atoms with Crippen LogP contribution < -0.4 is 5.32 Å². The molecule has 5 N–H and O–H groups in total. The van der Waals surface area contributed by atoms with E-state index in [-0.39, 0.29) is 25.1 Å². The number of nitrogens with one attached hydrogen (secondary N) is 1. The van der Waals surface area contributed by atoms with Gasteiger partial charge in [0.25, 0.3) is 5.91 Å². The molecule has 7 nitrogen and oxygen atoms in total. The summed E-state index contributed by atoms with van der Waals surface area (Å²) in [5.74, 6) is -0.173. The van der Waals surface area contributed by atoms with Crippen LogP contribution in [0.3, 0.4) is 0 Å². The van der Waals surface area contributed by atoms with Gasteiger partial charge in [-0.1, -0.05) is 42.5 Å². The summed E-state index contributed by atoms with van der Waals surface area (Å²) in [4.78, 5) is 14.2. The van der Waals surface area contributed by atoms with Crippen LogP contribution in [0.2, 0.25) is 0 Å². The van der Waals surface area contributed by atoms with Crippen LogP contribution >= 0.6 is 0 Å². The second-order valence-electron chi connectivity index (χ2n) is 7.53. The highest BCUT2D eigenvalue weighted by molar-refractivity contribution is 5.94. The maximum absolute atomic E-state index is 12.5. The number of piperidine rings is 1. The Morgan fingerprint density at radius 1 is 1.07 bits per heavy atom. The summed E-state index contributed by atoms with van der Waals surface area (Å²) in [5.41, 5.74) is 2.42. The molecule has 2 aromatic carbocycles. The van der Waals surface area contributed by atoms with Crippen molar-refractivity contribution in [1.82, 2.24) is 10.2 Å². The third-order valence-corrected chi connectivity index (χ3v) is 5.46. The van der Waals surface area contributed by atoms with E-state index in [1.165, 1.54) is 0 Å². The number of nitrogens with zero attached hydrogens (tertiary/aromatic N) is 1. The molecule has 2 aromatic rings. The highest BCUT2D eigenvalue weighted by atomic mass is 16.4. The molecular formula is C22H28N2O5. The fourth-order valence-corrected chi connectivity index (χ4v) is 3.66. The van der Waals surface area contributed by atoms with Crippen molar-refractivity contribution in [2.45, 2.75) is 43.9 Å². The average Bonchev–Trinajstić information content (AvgIpc) is 2.73. The van der Waals surface area contributed by atoms with Crippen molar-refractivity contribution in [2.24, 2.45) is 0 Å². The number of β-amino-alcohol motifs (C(OH)–C–C–N with tert-alkyl or cyclic N) is 1. The number of carbonyl (C=O) groups excluding carboxylic acids is 1. The molecule has 0 aliphatic carbocycles.